The molecule has 1 amide bonds. The summed E-state index contributed by atoms with van der Waals surface area (Å²) in [6.45, 7) is 0.375. The van der Waals surface area contributed by atoms with Gasteiger partial charge >= 0.3 is 0 Å². The number of benzene rings is 3. The molecule has 158 valence electrons. The molecule has 3 rings (SSSR count). The molecule has 0 saturated heterocycles. The van der Waals surface area contributed by atoms with Gasteiger partial charge in [-0.25, -0.2) is 0 Å². The van der Waals surface area contributed by atoms with Crippen molar-refractivity contribution < 1.29 is 9.90 Å². The highest BCUT2D eigenvalue weighted by Gasteiger charge is 2.28. The van der Waals surface area contributed by atoms with Gasteiger partial charge in [0, 0.05) is 5.69 Å². The van der Waals surface area contributed by atoms with Gasteiger partial charge in [-0.15, -0.1) is 0 Å². The highest BCUT2D eigenvalue weighted by atomic mass is 16.3. The number of nitrogens with two attached hydrogens (primary N) is 2. The molecule has 3 aromatic carbocycles. The van der Waals surface area contributed by atoms with Gasteiger partial charge in [-0.05, 0) is 60.7 Å². The second-order valence-corrected chi connectivity index (χ2v) is 7.64. The second kappa shape index (κ2) is 10.9. The number of hydrogen-bond acceptors (Lipinski definition) is 4. The van der Waals surface area contributed by atoms with Gasteiger partial charge in [0.1, 0.15) is 0 Å². The Morgan fingerprint density at radius 2 is 1.63 bits per heavy atom. The molecule has 2 atom stereocenters. The smallest absolute Gasteiger partial charge is 0.244 e. The third-order valence-electron chi connectivity index (χ3n) is 5.47. The van der Waals surface area contributed by atoms with Gasteiger partial charge < -0.3 is 21.5 Å². The summed E-state index contributed by atoms with van der Waals surface area (Å²) in [7, 11) is 0. The highest BCUT2D eigenvalue weighted by Crippen LogP contribution is 2.26. The molecule has 5 nitrogen and oxygen atoms in total. The molecule has 3 aromatic rings. The van der Waals surface area contributed by atoms with Gasteiger partial charge in [-0.2, -0.15) is 0 Å². The van der Waals surface area contributed by atoms with Crippen LogP contribution in [-0.2, 0) is 11.2 Å². The normalized spacial score (nSPS) is 13.2. The number of hydrogen-bond donors (Lipinski definition) is 3. The largest absolute Gasteiger partial charge is 0.394 e. The molecule has 0 spiro atoms. The van der Waals surface area contributed by atoms with E-state index in [1.807, 2.05) is 72.8 Å². The molecular formula is C25H31N3O2. The van der Waals surface area contributed by atoms with E-state index in [9.17, 15) is 9.90 Å². The van der Waals surface area contributed by atoms with Crippen LogP contribution in [0.3, 0.4) is 0 Å². The van der Waals surface area contributed by atoms with E-state index in [1.165, 1.54) is 0 Å². The maximum Gasteiger partial charge on any atom is 0.244 e. The van der Waals surface area contributed by atoms with Crippen molar-refractivity contribution in [3.63, 3.8) is 0 Å². The van der Waals surface area contributed by atoms with Crippen molar-refractivity contribution in [2.75, 3.05) is 18.1 Å². The standard InChI is InChI=1S/C25H31N3O2/c26-16-6-11-23(18-29)28(22-14-13-20-9-4-5-10-21(20)17-22)25(30)24(27)15-12-19-7-2-1-3-8-19/h1-5,7-10,13-14,17,23-24,29H,6,11-12,15-16,18,26-27H2/t23-,24-/m0/s1. The van der Waals surface area contributed by atoms with Crippen molar-refractivity contribution in [2.45, 2.75) is 37.8 Å². The van der Waals surface area contributed by atoms with Gasteiger partial charge in [0.05, 0.1) is 18.7 Å². The summed E-state index contributed by atoms with van der Waals surface area (Å²) in [4.78, 5) is 15.1. The van der Waals surface area contributed by atoms with Gasteiger partial charge in [0.25, 0.3) is 0 Å². The van der Waals surface area contributed by atoms with Crippen LogP contribution in [-0.4, -0.2) is 36.2 Å². The topological polar surface area (TPSA) is 92.6 Å². The number of carbonyl (C=O) groups is 1. The number of carbonyl (C=O) groups excluding carboxylic acids is 1. The summed E-state index contributed by atoms with van der Waals surface area (Å²) < 4.78 is 0. The molecule has 0 aliphatic rings. The molecule has 0 bridgehead atoms. The fourth-order valence-electron chi connectivity index (χ4n) is 3.77. The second-order valence-electron chi connectivity index (χ2n) is 7.64. The Balaban J connectivity index is 1.86. The molecule has 0 fully saturated rings. The van der Waals surface area contributed by atoms with Crippen LogP contribution >= 0.6 is 0 Å². The van der Waals surface area contributed by atoms with Gasteiger partial charge in [0.2, 0.25) is 5.91 Å². The summed E-state index contributed by atoms with van der Waals surface area (Å²) in [5.74, 6) is -0.169. The molecule has 30 heavy (non-hydrogen) atoms. The predicted molar refractivity (Wildman–Crippen MR) is 123 cm³/mol. The lowest BCUT2D eigenvalue weighted by Crippen LogP contribution is -2.50. The van der Waals surface area contributed by atoms with Crippen molar-refractivity contribution in [2.24, 2.45) is 11.5 Å². The lowest BCUT2D eigenvalue weighted by Gasteiger charge is -2.33. The first-order chi connectivity index (χ1) is 14.6. The van der Waals surface area contributed by atoms with Gasteiger partial charge in [-0.3, -0.25) is 4.79 Å². The fraction of sp³-hybridized carbons (Fsp3) is 0.320. The van der Waals surface area contributed by atoms with E-state index in [0.29, 0.717) is 19.4 Å². The maximum absolute atomic E-state index is 13.4. The van der Waals surface area contributed by atoms with E-state index in [1.54, 1.807) is 4.90 Å². The molecule has 0 radical (unpaired) electrons. The van der Waals surface area contributed by atoms with Crippen molar-refractivity contribution in [3.05, 3.63) is 78.4 Å². The molecule has 0 aromatic heterocycles. The van der Waals surface area contributed by atoms with Crippen molar-refractivity contribution in [1.29, 1.82) is 0 Å². The van der Waals surface area contributed by atoms with Crippen molar-refractivity contribution in [1.82, 2.24) is 0 Å². The number of rotatable bonds is 10. The Morgan fingerprint density at radius 3 is 2.33 bits per heavy atom. The predicted octanol–water partition coefficient (Wildman–Crippen LogP) is 3.23. The zero-order chi connectivity index (χ0) is 21.3. The van der Waals surface area contributed by atoms with Gasteiger partial charge in [-0.1, -0.05) is 60.7 Å². The Morgan fingerprint density at radius 1 is 0.933 bits per heavy atom. The molecule has 0 aliphatic carbocycles. The summed E-state index contributed by atoms with van der Waals surface area (Å²) in [6, 6.07) is 22.9. The van der Waals surface area contributed by atoms with Crippen LogP contribution < -0.4 is 16.4 Å². The Kier molecular flexibility index (Phi) is 7.97. The molecule has 0 saturated carbocycles. The third kappa shape index (κ3) is 5.45. The highest BCUT2D eigenvalue weighted by molar-refractivity contribution is 5.99. The summed E-state index contributed by atoms with van der Waals surface area (Å²) in [5.41, 5.74) is 13.9. The minimum atomic E-state index is -0.649. The van der Waals surface area contributed by atoms with Crippen molar-refractivity contribution in [3.8, 4) is 0 Å². The molecule has 0 heterocycles. The van der Waals surface area contributed by atoms with Crippen LogP contribution in [0.25, 0.3) is 10.8 Å². The average molecular weight is 406 g/mol. The lowest BCUT2D eigenvalue weighted by molar-refractivity contribution is -0.120. The quantitative estimate of drug-likeness (QED) is 0.483. The first-order valence-corrected chi connectivity index (χ1v) is 10.6. The van der Waals surface area contributed by atoms with Crippen molar-refractivity contribution >= 4 is 22.4 Å². The number of aliphatic hydroxyl groups is 1. The average Bonchev–Trinajstić information content (AvgIpc) is 2.80. The number of anilines is 1. The monoisotopic (exact) mass is 405 g/mol. The van der Waals surface area contributed by atoms with E-state index in [2.05, 4.69) is 0 Å². The van der Waals surface area contributed by atoms with Crippen LogP contribution in [0.4, 0.5) is 5.69 Å². The van der Waals surface area contributed by atoms with E-state index in [0.717, 1.165) is 34.9 Å². The van der Waals surface area contributed by atoms with E-state index < -0.39 is 6.04 Å². The molecule has 0 unspecified atom stereocenters. The lowest BCUT2D eigenvalue weighted by atomic mass is 10.0. The number of nitrogens with zero attached hydrogens (tertiary/aromatic N) is 1. The zero-order valence-corrected chi connectivity index (χ0v) is 17.3. The molecule has 0 aliphatic heterocycles. The number of fused-ring (bicyclic) bond motifs is 1. The molecule has 5 heteroatoms. The van der Waals surface area contributed by atoms with Crippen LogP contribution in [0.1, 0.15) is 24.8 Å². The summed E-state index contributed by atoms with van der Waals surface area (Å²) in [5, 5.41) is 12.2. The zero-order valence-electron chi connectivity index (χ0n) is 17.3. The Bertz CT molecular complexity index is 945. The third-order valence-corrected chi connectivity index (χ3v) is 5.47. The summed E-state index contributed by atoms with van der Waals surface area (Å²) >= 11 is 0. The van der Waals surface area contributed by atoms with Crippen LogP contribution in [0.2, 0.25) is 0 Å². The van der Waals surface area contributed by atoms with Gasteiger partial charge in [0.15, 0.2) is 0 Å². The Labute approximate surface area is 178 Å². The number of aliphatic hydroxyl groups excluding tert-OH is 1. The molecule has 5 N–H and O–H groups in total. The van der Waals surface area contributed by atoms with Crippen LogP contribution in [0, 0.1) is 0 Å². The van der Waals surface area contributed by atoms with Crippen LogP contribution in [0.15, 0.2) is 72.8 Å². The van der Waals surface area contributed by atoms with Crippen LogP contribution in [0.5, 0.6) is 0 Å². The minimum absolute atomic E-state index is 0.135. The number of amides is 1. The maximum atomic E-state index is 13.4. The summed E-state index contributed by atoms with van der Waals surface area (Å²) in [6.07, 6.45) is 2.62. The Hall–Kier alpha value is -2.73. The van der Waals surface area contributed by atoms with E-state index in [-0.39, 0.29) is 18.6 Å². The number of aryl methyl sites for hydroxylation is 1. The van der Waals surface area contributed by atoms with E-state index in [4.69, 9.17) is 11.5 Å². The fourth-order valence-corrected chi connectivity index (χ4v) is 3.77. The SMILES string of the molecule is NCCC[C@@H](CO)N(C(=O)[C@@H](N)CCc1ccccc1)c1ccc2ccccc2c1. The van der Waals surface area contributed by atoms with E-state index >= 15 is 0 Å². The molecular weight excluding hydrogens is 374 g/mol. The first-order valence-electron chi connectivity index (χ1n) is 10.6. The minimum Gasteiger partial charge on any atom is -0.394 e. The first kappa shape index (κ1) is 22.0.